The number of nitrogens with zero attached hydrogens (tertiary/aromatic N) is 1. The average molecular weight is 458 g/mol. The number of nitrogens with one attached hydrogen (secondary N) is 1. The van der Waals surface area contributed by atoms with Gasteiger partial charge in [-0.3, -0.25) is 10.4 Å². The van der Waals surface area contributed by atoms with Crippen LogP contribution in [0.3, 0.4) is 0 Å². The molecule has 0 aliphatic rings. The second-order valence-corrected chi connectivity index (χ2v) is 8.03. The molecule has 1 heterocycles. The van der Waals surface area contributed by atoms with Gasteiger partial charge in [0.1, 0.15) is 0 Å². The van der Waals surface area contributed by atoms with E-state index in [1.54, 1.807) is 25.3 Å². The van der Waals surface area contributed by atoms with Crippen molar-refractivity contribution < 1.29 is 20.0 Å². The first-order chi connectivity index (χ1) is 16.4. The van der Waals surface area contributed by atoms with Gasteiger partial charge in [0.25, 0.3) is 0 Å². The molecule has 3 aromatic carbocycles. The molecule has 1 atom stereocenters. The molecule has 7 N–H and O–H groups in total. The van der Waals surface area contributed by atoms with Gasteiger partial charge in [0.05, 0.1) is 35.8 Å². The lowest BCUT2D eigenvalue weighted by molar-refractivity contribution is -0.113. The first kappa shape index (κ1) is 22.9. The number of pyridine rings is 1. The Hall–Kier alpha value is -4.23. The van der Waals surface area contributed by atoms with E-state index in [2.05, 4.69) is 10.3 Å². The number of nitrogen functional groups attached to an aromatic ring is 1. The lowest BCUT2D eigenvalue weighted by atomic mass is 9.95. The molecule has 4 rings (SSSR count). The van der Waals surface area contributed by atoms with Gasteiger partial charge >= 0.3 is 0 Å². The molecule has 172 valence electrons. The molecule has 0 bridgehead atoms. The molecule has 0 radical (unpaired) electrons. The summed E-state index contributed by atoms with van der Waals surface area (Å²) in [7, 11) is 0. The van der Waals surface area contributed by atoms with Gasteiger partial charge in [0, 0.05) is 23.7 Å². The number of rotatable bonds is 7. The predicted octanol–water partition coefficient (Wildman–Crippen LogP) is 3.56. The van der Waals surface area contributed by atoms with Crippen LogP contribution in [0, 0.1) is 5.82 Å². The molecular weight excluding hydrogens is 431 g/mol. The Balaban J connectivity index is 1.86. The summed E-state index contributed by atoms with van der Waals surface area (Å²) in [5, 5.41) is 29.7. The fraction of sp³-hybridized carbons (Fsp3) is 0.111. The van der Waals surface area contributed by atoms with Gasteiger partial charge in [0.2, 0.25) is 0 Å². The molecule has 7 heteroatoms. The molecule has 0 saturated carbocycles. The molecular formula is C27H26FN4O2+. The third-order valence-electron chi connectivity index (χ3n) is 5.64. The number of para-hydroxylation sites is 1. The second kappa shape index (κ2) is 9.72. The number of phenolic OH excluding ortho intramolecular Hbond substituents is 1. The molecule has 0 amide bonds. The average Bonchev–Trinajstić information content (AvgIpc) is 2.85. The van der Waals surface area contributed by atoms with Crippen LogP contribution in [-0.2, 0) is 0 Å². The van der Waals surface area contributed by atoms with Crippen LogP contribution in [0.4, 0.5) is 15.8 Å². The van der Waals surface area contributed by atoms with Gasteiger partial charge < -0.3 is 21.3 Å². The maximum Gasteiger partial charge on any atom is 0.179 e. The molecule has 1 aromatic heterocycles. The van der Waals surface area contributed by atoms with E-state index in [1.807, 2.05) is 48.5 Å². The minimum Gasteiger partial charge on any atom is -0.504 e. The van der Waals surface area contributed by atoms with Gasteiger partial charge in [-0.15, -0.1) is 0 Å². The SMILES string of the molecule is CC(=[NH2+])c1cc(-c2cc(NC(CO)c3ccccc3)cnc2-c2cccc(F)c2O)ccc1N. The number of nitrogens with two attached hydrogens (primary N) is 2. The standard InChI is InChI=1S/C27H25FN4O2/c1-16(29)21-12-18(10-11-24(21)30)22-13-19(32-25(15-33)17-6-3-2-4-7-17)14-31-26(22)20-8-5-9-23(28)27(20)34/h2-14,25,29,32-34H,15,30H2,1H3/p+1. The van der Waals surface area contributed by atoms with E-state index in [-0.39, 0.29) is 18.2 Å². The maximum atomic E-state index is 14.2. The van der Waals surface area contributed by atoms with E-state index in [4.69, 9.17) is 11.1 Å². The van der Waals surface area contributed by atoms with Crippen molar-refractivity contribution in [2.45, 2.75) is 13.0 Å². The lowest BCUT2D eigenvalue weighted by Gasteiger charge is -2.20. The third kappa shape index (κ3) is 4.60. The first-order valence-electron chi connectivity index (χ1n) is 10.8. The Morgan fingerprint density at radius 2 is 1.82 bits per heavy atom. The molecule has 34 heavy (non-hydrogen) atoms. The molecule has 0 fully saturated rings. The number of hydrogen-bond acceptors (Lipinski definition) is 5. The van der Waals surface area contributed by atoms with Crippen molar-refractivity contribution in [3.05, 3.63) is 95.9 Å². The summed E-state index contributed by atoms with van der Waals surface area (Å²) in [6.07, 6.45) is 1.59. The van der Waals surface area contributed by atoms with Gasteiger partial charge in [-0.25, -0.2) is 4.39 Å². The number of aromatic hydroxyl groups is 1. The largest absolute Gasteiger partial charge is 0.504 e. The smallest absolute Gasteiger partial charge is 0.179 e. The van der Waals surface area contributed by atoms with E-state index in [0.717, 1.165) is 11.1 Å². The number of aromatic nitrogens is 1. The maximum absolute atomic E-state index is 14.2. The molecule has 0 aliphatic carbocycles. The van der Waals surface area contributed by atoms with Crippen LogP contribution in [0.25, 0.3) is 22.4 Å². The Kier molecular flexibility index (Phi) is 6.56. The van der Waals surface area contributed by atoms with Gasteiger partial charge in [-0.2, -0.15) is 0 Å². The fourth-order valence-corrected chi connectivity index (χ4v) is 3.87. The van der Waals surface area contributed by atoms with Crippen LogP contribution in [0.1, 0.15) is 24.1 Å². The van der Waals surface area contributed by atoms with Crippen molar-refractivity contribution in [3.8, 4) is 28.1 Å². The number of halogens is 1. The monoisotopic (exact) mass is 457 g/mol. The molecule has 4 aromatic rings. The van der Waals surface area contributed by atoms with Crippen LogP contribution in [-0.4, -0.2) is 27.5 Å². The minimum atomic E-state index is -0.735. The van der Waals surface area contributed by atoms with Gasteiger partial charge in [-0.05, 0) is 41.5 Å². The van der Waals surface area contributed by atoms with Gasteiger partial charge in [0.15, 0.2) is 17.3 Å². The van der Waals surface area contributed by atoms with Crippen LogP contribution in [0.5, 0.6) is 5.75 Å². The van der Waals surface area contributed by atoms with Crippen LogP contribution in [0.2, 0.25) is 0 Å². The quantitative estimate of drug-likeness (QED) is 0.215. The Morgan fingerprint density at radius 3 is 2.53 bits per heavy atom. The number of anilines is 2. The summed E-state index contributed by atoms with van der Waals surface area (Å²) >= 11 is 0. The summed E-state index contributed by atoms with van der Waals surface area (Å²) in [5.41, 5.74) is 11.5. The third-order valence-corrected chi connectivity index (χ3v) is 5.64. The summed E-state index contributed by atoms with van der Waals surface area (Å²) in [5.74, 6) is -1.22. The fourth-order valence-electron chi connectivity index (χ4n) is 3.87. The first-order valence-corrected chi connectivity index (χ1v) is 10.8. The highest BCUT2D eigenvalue weighted by Crippen LogP contribution is 2.39. The highest BCUT2D eigenvalue weighted by molar-refractivity contribution is 6.00. The van der Waals surface area contributed by atoms with Crippen LogP contribution in [0.15, 0.2) is 79.0 Å². The minimum absolute atomic E-state index is 0.126. The van der Waals surface area contributed by atoms with Gasteiger partial charge in [-0.1, -0.05) is 42.5 Å². The topological polar surface area (TPSA) is 117 Å². The zero-order valence-corrected chi connectivity index (χ0v) is 18.7. The Labute approximate surface area is 197 Å². The van der Waals surface area contributed by atoms with Crippen molar-refractivity contribution >= 4 is 17.1 Å². The summed E-state index contributed by atoms with van der Waals surface area (Å²) in [6, 6.07) is 20.8. The number of hydrogen-bond donors (Lipinski definition) is 5. The number of aliphatic hydroxyl groups is 1. The second-order valence-electron chi connectivity index (χ2n) is 8.03. The normalized spacial score (nSPS) is 11.7. The van der Waals surface area contributed by atoms with E-state index in [1.165, 1.54) is 12.1 Å². The highest BCUT2D eigenvalue weighted by Gasteiger charge is 2.19. The lowest BCUT2D eigenvalue weighted by Crippen LogP contribution is -2.38. The molecule has 6 nitrogen and oxygen atoms in total. The zero-order valence-electron chi connectivity index (χ0n) is 18.7. The van der Waals surface area contributed by atoms with E-state index in [9.17, 15) is 14.6 Å². The number of benzene rings is 3. The van der Waals surface area contributed by atoms with E-state index >= 15 is 0 Å². The van der Waals surface area contributed by atoms with E-state index in [0.29, 0.717) is 33.9 Å². The summed E-state index contributed by atoms with van der Waals surface area (Å²) < 4.78 is 14.2. The van der Waals surface area contributed by atoms with Crippen LogP contribution >= 0.6 is 0 Å². The Morgan fingerprint density at radius 1 is 1.06 bits per heavy atom. The molecule has 1 unspecified atom stereocenters. The predicted molar refractivity (Wildman–Crippen MR) is 133 cm³/mol. The highest BCUT2D eigenvalue weighted by atomic mass is 19.1. The summed E-state index contributed by atoms with van der Waals surface area (Å²) in [6.45, 7) is 1.63. The Bertz CT molecular complexity index is 1340. The van der Waals surface area contributed by atoms with E-state index < -0.39 is 11.6 Å². The zero-order chi connectivity index (χ0) is 24.2. The van der Waals surface area contributed by atoms with Crippen molar-refractivity contribution in [2.24, 2.45) is 0 Å². The molecule has 0 spiro atoms. The number of phenols is 1. The number of aliphatic hydroxyl groups excluding tert-OH is 1. The molecule has 0 aliphatic heterocycles. The van der Waals surface area contributed by atoms with Crippen LogP contribution < -0.4 is 16.5 Å². The summed E-state index contributed by atoms with van der Waals surface area (Å²) in [4.78, 5) is 4.57. The molecule has 0 saturated heterocycles. The van der Waals surface area contributed by atoms with Crippen molar-refractivity contribution in [2.75, 3.05) is 17.7 Å². The van der Waals surface area contributed by atoms with Crippen molar-refractivity contribution in [1.29, 1.82) is 0 Å². The van der Waals surface area contributed by atoms with Crippen molar-refractivity contribution in [1.82, 2.24) is 4.98 Å². The van der Waals surface area contributed by atoms with Crippen molar-refractivity contribution in [3.63, 3.8) is 0 Å².